The van der Waals surface area contributed by atoms with Crippen LogP contribution in [0, 0.1) is 17.6 Å². The average molecular weight is 406 g/mol. The minimum atomic E-state index is -1.08. The zero-order valence-electron chi connectivity index (χ0n) is 14.8. The van der Waals surface area contributed by atoms with Crippen molar-refractivity contribution in [3.05, 3.63) is 58.4 Å². The molecule has 1 aromatic heterocycles. The number of H-pyrrole nitrogens is 1. The Morgan fingerprint density at radius 3 is 2.86 bits per heavy atom. The van der Waals surface area contributed by atoms with Crippen molar-refractivity contribution in [1.82, 2.24) is 20.8 Å². The van der Waals surface area contributed by atoms with E-state index in [0.29, 0.717) is 29.0 Å². The highest BCUT2D eigenvalue weighted by Gasteiger charge is 2.22. The lowest BCUT2D eigenvalue weighted by Gasteiger charge is -2.08. The molecule has 0 saturated heterocycles. The Hall–Kier alpha value is -2.55. The number of halogens is 3. The number of nitrogens with one attached hydrogen (secondary N) is 3. The molecule has 1 aliphatic carbocycles. The second kappa shape index (κ2) is 7.83. The molecule has 0 spiro atoms. The Kier molecular flexibility index (Phi) is 5.25. The maximum atomic E-state index is 14.3. The van der Waals surface area contributed by atoms with Crippen molar-refractivity contribution in [1.29, 1.82) is 0 Å². The number of hydrogen-bond acceptors (Lipinski definition) is 4. The van der Waals surface area contributed by atoms with E-state index in [4.69, 9.17) is 11.6 Å². The standard InChI is InChI=1S/C19H18ClF2N5O/c20-11-2-1-3-12(6-11)24-19(27-28)13-7-14(21)16(22)18-17(13)25-15(26-18)9-23-8-10-4-5-10/h1-3,6-7,10,23,28H,4-5,8-9H2,(H,24,27)(H,25,26). The van der Waals surface area contributed by atoms with E-state index in [1.807, 2.05) is 5.48 Å². The quantitative estimate of drug-likeness (QED) is 0.283. The van der Waals surface area contributed by atoms with Gasteiger partial charge >= 0.3 is 0 Å². The molecule has 2 aromatic carbocycles. The van der Waals surface area contributed by atoms with E-state index < -0.39 is 11.6 Å². The summed E-state index contributed by atoms with van der Waals surface area (Å²) in [6.07, 6.45) is 2.42. The molecule has 146 valence electrons. The van der Waals surface area contributed by atoms with Crippen molar-refractivity contribution in [3.8, 4) is 0 Å². The van der Waals surface area contributed by atoms with Crippen LogP contribution in [0.1, 0.15) is 24.2 Å². The van der Waals surface area contributed by atoms with Crippen molar-refractivity contribution in [3.63, 3.8) is 0 Å². The summed E-state index contributed by atoms with van der Waals surface area (Å²) in [6.45, 7) is 1.26. The summed E-state index contributed by atoms with van der Waals surface area (Å²) in [7, 11) is 0. The number of aromatic amines is 1. The van der Waals surface area contributed by atoms with Crippen molar-refractivity contribution >= 4 is 34.2 Å². The molecule has 28 heavy (non-hydrogen) atoms. The van der Waals surface area contributed by atoms with Crippen LogP contribution in [0.5, 0.6) is 0 Å². The largest absolute Gasteiger partial charge is 0.340 e. The van der Waals surface area contributed by atoms with Crippen LogP contribution in [0.25, 0.3) is 11.0 Å². The van der Waals surface area contributed by atoms with E-state index in [9.17, 15) is 14.0 Å². The second-order valence-corrected chi connectivity index (χ2v) is 7.19. The van der Waals surface area contributed by atoms with Gasteiger partial charge in [-0.05, 0) is 49.6 Å². The van der Waals surface area contributed by atoms with Gasteiger partial charge in [0.2, 0.25) is 0 Å². The van der Waals surface area contributed by atoms with Crippen molar-refractivity contribution in [2.24, 2.45) is 10.9 Å². The number of hydrogen-bond donors (Lipinski definition) is 4. The molecule has 9 heteroatoms. The lowest BCUT2D eigenvalue weighted by molar-refractivity contribution is 0.235. The Morgan fingerprint density at radius 1 is 1.32 bits per heavy atom. The van der Waals surface area contributed by atoms with Gasteiger partial charge in [0.25, 0.3) is 0 Å². The number of nitrogens with zero attached hydrogens (tertiary/aromatic N) is 2. The van der Waals surface area contributed by atoms with Crippen molar-refractivity contribution < 1.29 is 14.0 Å². The first-order valence-corrected chi connectivity index (χ1v) is 9.25. The average Bonchev–Trinajstić information content (AvgIpc) is 3.40. The predicted molar refractivity (Wildman–Crippen MR) is 103 cm³/mol. The zero-order valence-corrected chi connectivity index (χ0v) is 15.5. The molecule has 3 aromatic rings. The SMILES string of the molecule is ONC(=Nc1cccc(Cl)c1)c1cc(F)c(F)c2nc(CNCC3CC3)[nH]c12. The van der Waals surface area contributed by atoms with Gasteiger partial charge in [-0.15, -0.1) is 0 Å². The smallest absolute Gasteiger partial charge is 0.186 e. The molecule has 4 N–H and O–H groups in total. The highest BCUT2D eigenvalue weighted by Crippen LogP contribution is 2.28. The fourth-order valence-electron chi connectivity index (χ4n) is 2.96. The first kappa shape index (κ1) is 18.8. The highest BCUT2D eigenvalue weighted by atomic mass is 35.5. The molecule has 0 atom stereocenters. The molecule has 0 radical (unpaired) electrons. The topological polar surface area (TPSA) is 85.3 Å². The maximum Gasteiger partial charge on any atom is 0.186 e. The lowest BCUT2D eigenvalue weighted by atomic mass is 10.1. The van der Waals surface area contributed by atoms with Crippen LogP contribution in [0.2, 0.25) is 5.02 Å². The Labute approximate surface area is 164 Å². The number of aliphatic imine (C=N–C) groups is 1. The molecule has 0 amide bonds. The van der Waals surface area contributed by atoms with E-state index in [1.54, 1.807) is 24.3 Å². The van der Waals surface area contributed by atoms with Crippen LogP contribution < -0.4 is 10.8 Å². The molecular weight excluding hydrogens is 388 g/mol. The summed E-state index contributed by atoms with van der Waals surface area (Å²) in [5.74, 6) is -1.04. The van der Waals surface area contributed by atoms with Gasteiger partial charge < -0.3 is 10.3 Å². The van der Waals surface area contributed by atoms with E-state index in [0.717, 1.165) is 12.6 Å². The number of amidine groups is 1. The maximum absolute atomic E-state index is 14.3. The molecule has 0 aliphatic heterocycles. The minimum Gasteiger partial charge on any atom is -0.340 e. The van der Waals surface area contributed by atoms with Gasteiger partial charge in [-0.3, -0.25) is 10.7 Å². The van der Waals surface area contributed by atoms with Crippen molar-refractivity contribution in [2.45, 2.75) is 19.4 Å². The van der Waals surface area contributed by atoms with Crippen LogP contribution in [0.15, 0.2) is 35.3 Å². The number of hydroxylamine groups is 1. The van der Waals surface area contributed by atoms with Crippen molar-refractivity contribution in [2.75, 3.05) is 6.54 Å². The molecule has 1 aliphatic rings. The molecular formula is C19H18ClF2N5O. The fourth-order valence-corrected chi connectivity index (χ4v) is 3.14. The van der Waals surface area contributed by atoms with Gasteiger partial charge in [0.05, 0.1) is 17.7 Å². The first-order valence-electron chi connectivity index (χ1n) is 8.87. The summed E-state index contributed by atoms with van der Waals surface area (Å²) < 4.78 is 28.4. The van der Waals surface area contributed by atoms with Gasteiger partial charge in [0, 0.05) is 10.6 Å². The minimum absolute atomic E-state index is 0.0627. The van der Waals surface area contributed by atoms with Crippen LogP contribution >= 0.6 is 11.6 Å². The summed E-state index contributed by atoms with van der Waals surface area (Å²) in [5.41, 5.74) is 2.64. The number of benzene rings is 2. The molecule has 0 unspecified atom stereocenters. The van der Waals surface area contributed by atoms with Gasteiger partial charge in [0.15, 0.2) is 17.5 Å². The summed E-state index contributed by atoms with van der Waals surface area (Å²) in [6, 6.07) is 7.58. The van der Waals surface area contributed by atoms with E-state index in [-0.39, 0.29) is 22.4 Å². The number of fused-ring (bicyclic) bond motifs is 1. The normalized spacial score (nSPS) is 14.6. The Bertz CT molecular complexity index is 1050. The summed E-state index contributed by atoms with van der Waals surface area (Å²) in [4.78, 5) is 11.4. The number of aromatic nitrogens is 2. The van der Waals surface area contributed by atoms with E-state index in [2.05, 4.69) is 20.3 Å². The molecule has 1 saturated carbocycles. The van der Waals surface area contributed by atoms with E-state index >= 15 is 0 Å². The third-order valence-corrected chi connectivity index (χ3v) is 4.78. The van der Waals surface area contributed by atoms with Gasteiger partial charge in [-0.25, -0.2) is 18.8 Å². The Morgan fingerprint density at radius 2 is 2.14 bits per heavy atom. The zero-order chi connectivity index (χ0) is 19.7. The van der Waals surface area contributed by atoms with Gasteiger partial charge in [-0.2, -0.15) is 0 Å². The second-order valence-electron chi connectivity index (χ2n) is 6.75. The van der Waals surface area contributed by atoms with Crippen LogP contribution in [0.3, 0.4) is 0 Å². The first-order chi connectivity index (χ1) is 13.5. The van der Waals surface area contributed by atoms with Crippen LogP contribution in [-0.2, 0) is 6.54 Å². The Balaban J connectivity index is 1.73. The molecule has 6 nitrogen and oxygen atoms in total. The summed E-state index contributed by atoms with van der Waals surface area (Å²) in [5, 5.41) is 13.3. The predicted octanol–water partition coefficient (Wildman–Crippen LogP) is 4.05. The van der Waals surface area contributed by atoms with Crippen LogP contribution in [-0.4, -0.2) is 27.6 Å². The molecule has 1 heterocycles. The lowest BCUT2D eigenvalue weighted by Crippen LogP contribution is -2.21. The molecule has 4 rings (SSSR count). The summed E-state index contributed by atoms with van der Waals surface area (Å²) >= 11 is 5.95. The number of rotatable bonds is 6. The van der Waals surface area contributed by atoms with E-state index in [1.165, 1.54) is 12.8 Å². The molecule has 0 bridgehead atoms. The third kappa shape index (κ3) is 3.99. The number of imidazole rings is 1. The van der Waals surface area contributed by atoms with Gasteiger partial charge in [0.1, 0.15) is 11.3 Å². The molecule has 1 fully saturated rings. The van der Waals surface area contributed by atoms with Gasteiger partial charge in [-0.1, -0.05) is 17.7 Å². The third-order valence-electron chi connectivity index (χ3n) is 4.54. The van der Waals surface area contributed by atoms with Crippen LogP contribution in [0.4, 0.5) is 14.5 Å². The monoisotopic (exact) mass is 405 g/mol. The fraction of sp³-hybridized carbons (Fsp3) is 0.263. The highest BCUT2D eigenvalue weighted by molar-refractivity contribution is 6.30.